The zero-order valence-corrected chi connectivity index (χ0v) is 6.50. The molecule has 0 saturated heterocycles. The molecule has 72 valence electrons. The fraction of sp³-hybridized carbons (Fsp3) is 0.286. The molecule has 0 unspecified atom stereocenters. The zero-order valence-electron chi connectivity index (χ0n) is 6.50. The second-order valence-electron chi connectivity index (χ2n) is 2.53. The quantitative estimate of drug-likeness (QED) is 0.657. The lowest BCUT2D eigenvalue weighted by Crippen LogP contribution is -2.40. The van der Waals surface area contributed by atoms with Crippen LogP contribution in [0.15, 0.2) is 18.3 Å². The van der Waals surface area contributed by atoms with Crippen LogP contribution in [-0.2, 0) is 4.79 Å². The third-order valence-corrected chi connectivity index (χ3v) is 1.63. The molecule has 1 aromatic rings. The highest BCUT2D eigenvalue weighted by Gasteiger charge is 2.46. The summed E-state index contributed by atoms with van der Waals surface area (Å²) >= 11 is 0. The van der Waals surface area contributed by atoms with Gasteiger partial charge < -0.3 is 15.8 Å². The molecule has 0 saturated carbocycles. The molecule has 4 N–H and O–H groups in total. The Hall–Kier alpha value is -1.43. The Morgan fingerprint density at radius 3 is 2.69 bits per heavy atom. The lowest BCUT2D eigenvalue weighted by atomic mass is 10.1. The molecule has 0 radical (unpaired) electrons. The second kappa shape index (κ2) is 3.14. The van der Waals surface area contributed by atoms with Crippen molar-refractivity contribution in [2.24, 2.45) is 5.73 Å². The number of aliphatic carboxylic acids is 1. The summed E-state index contributed by atoms with van der Waals surface area (Å²) in [6.45, 7) is 0. The van der Waals surface area contributed by atoms with Gasteiger partial charge in [-0.1, -0.05) is 0 Å². The Bertz CT molecular complexity index is 297. The van der Waals surface area contributed by atoms with E-state index in [-0.39, 0.29) is 5.69 Å². The van der Waals surface area contributed by atoms with Gasteiger partial charge in [-0.3, -0.25) is 0 Å². The van der Waals surface area contributed by atoms with Crippen molar-refractivity contribution in [1.29, 1.82) is 0 Å². The van der Waals surface area contributed by atoms with Crippen LogP contribution in [0.2, 0.25) is 0 Å². The van der Waals surface area contributed by atoms with E-state index in [1.54, 1.807) is 0 Å². The molecule has 1 rings (SSSR count). The minimum absolute atomic E-state index is 0.00704. The van der Waals surface area contributed by atoms with Crippen molar-refractivity contribution in [3.63, 3.8) is 0 Å². The molecular formula is C7H8F2N2O2. The molecule has 0 aliphatic rings. The second-order valence-corrected chi connectivity index (χ2v) is 2.53. The van der Waals surface area contributed by atoms with Gasteiger partial charge in [0.2, 0.25) is 0 Å². The minimum atomic E-state index is -3.95. The Balaban J connectivity index is 2.90. The standard InChI is InChI=1S/C7H8F2N2O2/c8-7(9,6(12)13)5(10)4-2-1-3-11-4/h1-3,5,11H,10H2,(H,12,13)/t5-/m1/s1. The van der Waals surface area contributed by atoms with E-state index in [1.807, 2.05) is 0 Å². The van der Waals surface area contributed by atoms with Gasteiger partial charge in [0.05, 0.1) is 0 Å². The van der Waals surface area contributed by atoms with Crippen LogP contribution < -0.4 is 5.73 Å². The average molecular weight is 190 g/mol. The molecule has 6 heteroatoms. The first-order chi connectivity index (χ1) is 5.96. The highest BCUT2D eigenvalue weighted by Crippen LogP contribution is 2.28. The highest BCUT2D eigenvalue weighted by molar-refractivity contribution is 5.76. The van der Waals surface area contributed by atoms with Crippen molar-refractivity contribution in [2.75, 3.05) is 0 Å². The number of H-pyrrole nitrogens is 1. The first-order valence-corrected chi connectivity index (χ1v) is 3.46. The molecule has 0 fully saturated rings. The van der Waals surface area contributed by atoms with Gasteiger partial charge in [0.15, 0.2) is 0 Å². The molecule has 0 aliphatic heterocycles. The summed E-state index contributed by atoms with van der Waals surface area (Å²) in [6, 6.07) is 0.925. The Kier molecular flexibility index (Phi) is 2.33. The summed E-state index contributed by atoms with van der Waals surface area (Å²) < 4.78 is 25.5. The molecule has 1 aromatic heterocycles. The molecule has 0 aliphatic carbocycles. The number of nitrogens with two attached hydrogens (primary N) is 1. The number of aromatic amines is 1. The van der Waals surface area contributed by atoms with Crippen LogP contribution in [0.5, 0.6) is 0 Å². The van der Waals surface area contributed by atoms with Crippen molar-refractivity contribution in [2.45, 2.75) is 12.0 Å². The predicted octanol–water partition coefficient (Wildman–Crippen LogP) is 0.734. The average Bonchev–Trinajstić information content (AvgIpc) is 2.54. The fourth-order valence-corrected chi connectivity index (χ4v) is 0.866. The molecule has 1 atom stereocenters. The van der Waals surface area contributed by atoms with E-state index in [1.165, 1.54) is 18.3 Å². The van der Waals surface area contributed by atoms with Crippen LogP contribution >= 0.6 is 0 Å². The van der Waals surface area contributed by atoms with Crippen molar-refractivity contribution < 1.29 is 18.7 Å². The Morgan fingerprint density at radius 2 is 2.31 bits per heavy atom. The number of carboxylic acid groups (broad SMARTS) is 1. The van der Waals surface area contributed by atoms with Gasteiger partial charge in [0.1, 0.15) is 6.04 Å². The molecule has 1 heterocycles. The highest BCUT2D eigenvalue weighted by atomic mass is 19.3. The summed E-state index contributed by atoms with van der Waals surface area (Å²) in [5, 5.41) is 8.17. The normalized spacial score (nSPS) is 14.1. The lowest BCUT2D eigenvalue weighted by molar-refractivity contribution is -0.168. The van der Waals surface area contributed by atoms with E-state index in [9.17, 15) is 13.6 Å². The summed E-state index contributed by atoms with van der Waals surface area (Å²) in [5.41, 5.74) is 5.05. The predicted molar refractivity (Wildman–Crippen MR) is 40.3 cm³/mol. The lowest BCUT2D eigenvalue weighted by Gasteiger charge is -2.17. The largest absolute Gasteiger partial charge is 0.477 e. The Morgan fingerprint density at radius 1 is 1.69 bits per heavy atom. The number of carboxylic acids is 1. The number of aromatic nitrogens is 1. The van der Waals surface area contributed by atoms with Gasteiger partial charge in [-0.2, -0.15) is 8.78 Å². The van der Waals surface area contributed by atoms with Crippen LogP contribution in [-0.4, -0.2) is 22.0 Å². The number of halogens is 2. The first-order valence-electron chi connectivity index (χ1n) is 3.46. The Labute approximate surface area is 72.4 Å². The van der Waals surface area contributed by atoms with Gasteiger partial charge in [-0.25, -0.2) is 4.79 Å². The molecule has 13 heavy (non-hydrogen) atoms. The van der Waals surface area contributed by atoms with Crippen molar-refractivity contribution >= 4 is 5.97 Å². The number of nitrogens with one attached hydrogen (secondary N) is 1. The van der Waals surface area contributed by atoms with Crippen molar-refractivity contribution in [3.8, 4) is 0 Å². The fourth-order valence-electron chi connectivity index (χ4n) is 0.866. The van der Waals surface area contributed by atoms with E-state index in [0.29, 0.717) is 0 Å². The van der Waals surface area contributed by atoms with E-state index in [0.717, 1.165) is 0 Å². The SMILES string of the molecule is N[C@H](c1ccc[nH]1)C(F)(F)C(=O)O. The first kappa shape index (κ1) is 9.66. The van der Waals surface area contributed by atoms with Crippen molar-refractivity contribution in [1.82, 2.24) is 4.98 Å². The van der Waals surface area contributed by atoms with E-state index in [2.05, 4.69) is 4.98 Å². The van der Waals surface area contributed by atoms with Crippen LogP contribution in [0, 0.1) is 0 Å². The van der Waals surface area contributed by atoms with E-state index in [4.69, 9.17) is 10.8 Å². The van der Waals surface area contributed by atoms with Gasteiger partial charge in [-0.05, 0) is 12.1 Å². The summed E-state index contributed by atoms with van der Waals surface area (Å²) in [7, 11) is 0. The van der Waals surface area contributed by atoms with Crippen molar-refractivity contribution in [3.05, 3.63) is 24.0 Å². The minimum Gasteiger partial charge on any atom is -0.477 e. The summed E-state index contributed by atoms with van der Waals surface area (Å²) in [6.07, 6.45) is 1.40. The maximum atomic E-state index is 12.8. The molecule has 4 nitrogen and oxygen atoms in total. The molecule has 0 spiro atoms. The summed E-state index contributed by atoms with van der Waals surface area (Å²) in [5.74, 6) is -6.18. The van der Waals surface area contributed by atoms with Gasteiger partial charge in [0, 0.05) is 11.9 Å². The number of alkyl halides is 2. The maximum Gasteiger partial charge on any atom is 0.376 e. The monoisotopic (exact) mass is 190 g/mol. The van der Waals surface area contributed by atoms with Crippen LogP contribution in [0.1, 0.15) is 11.7 Å². The molecule has 0 aromatic carbocycles. The number of hydrogen-bond acceptors (Lipinski definition) is 2. The maximum absolute atomic E-state index is 12.8. The van der Waals surface area contributed by atoms with Crippen LogP contribution in [0.4, 0.5) is 8.78 Å². The topological polar surface area (TPSA) is 79.1 Å². The van der Waals surface area contributed by atoms with E-state index < -0.39 is 17.9 Å². The van der Waals surface area contributed by atoms with Crippen LogP contribution in [0.3, 0.4) is 0 Å². The van der Waals surface area contributed by atoms with Crippen LogP contribution in [0.25, 0.3) is 0 Å². The molecule has 0 amide bonds. The van der Waals surface area contributed by atoms with Gasteiger partial charge in [-0.15, -0.1) is 0 Å². The van der Waals surface area contributed by atoms with Gasteiger partial charge >= 0.3 is 11.9 Å². The third-order valence-electron chi connectivity index (χ3n) is 1.63. The van der Waals surface area contributed by atoms with E-state index >= 15 is 0 Å². The summed E-state index contributed by atoms with van der Waals surface area (Å²) in [4.78, 5) is 12.5. The number of hydrogen-bond donors (Lipinski definition) is 3. The molecular weight excluding hydrogens is 182 g/mol. The zero-order chi connectivity index (χ0) is 10.1. The molecule has 0 bridgehead atoms. The number of carbonyl (C=O) groups is 1. The smallest absolute Gasteiger partial charge is 0.376 e. The van der Waals surface area contributed by atoms with Gasteiger partial charge in [0.25, 0.3) is 0 Å². The third kappa shape index (κ3) is 1.67. The number of rotatable bonds is 3.